The fourth-order valence-corrected chi connectivity index (χ4v) is 4.53. The Kier molecular flexibility index (Phi) is 6.03. The fourth-order valence-electron chi connectivity index (χ4n) is 4.53. The quantitative estimate of drug-likeness (QED) is 0.508. The molecule has 1 aliphatic rings. The van der Waals surface area contributed by atoms with E-state index in [-0.39, 0.29) is 17.0 Å². The van der Waals surface area contributed by atoms with Crippen LogP contribution in [0.25, 0.3) is 6.08 Å². The van der Waals surface area contributed by atoms with Gasteiger partial charge in [-0.05, 0) is 99.6 Å². The summed E-state index contributed by atoms with van der Waals surface area (Å²) in [7, 11) is 0. The molecule has 0 bridgehead atoms. The number of benzene rings is 2. The molecule has 0 radical (unpaired) electrons. The van der Waals surface area contributed by atoms with Gasteiger partial charge in [0.05, 0.1) is 0 Å². The van der Waals surface area contributed by atoms with Gasteiger partial charge >= 0.3 is 0 Å². The zero-order valence-electron chi connectivity index (χ0n) is 18.8. The maximum absolute atomic E-state index is 12.7. The summed E-state index contributed by atoms with van der Waals surface area (Å²) in [5.74, 6) is 0.0314. The Morgan fingerprint density at radius 1 is 1.23 bits per heavy atom. The lowest BCUT2D eigenvalue weighted by Gasteiger charge is -2.47. The SMILES string of the molecule is CCN1c2ccc(/C=C(\C#N)C(=O)Nc3ccc(C)c(C)c3)cc2C(C)CC1(C)C. The average Bonchev–Trinajstić information content (AvgIpc) is 2.68. The number of nitrogens with one attached hydrogen (secondary N) is 1. The van der Waals surface area contributed by atoms with E-state index in [0.29, 0.717) is 11.6 Å². The lowest BCUT2D eigenvalue weighted by atomic mass is 9.79. The van der Waals surface area contributed by atoms with E-state index in [2.05, 4.69) is 56.1 Å². The monoisotopic (exact) mass is 401 g/mol. The molecular formula is C26H31N3O. The molecule has 1 heterocycles. The predicted molar refractivity (Wildman–Crippen MR) is 125 cm³/mol. The second-order valence-electron chi connectivity index (χ2n) is 8.90. The molecule has 1 amide bonds. The summed E-state index contributed by atoms with van der Waals surface area (Å²) in [5.41, 5.74) is 6.58. The van der Waals surface area contributed by atoms with Gasteiger partial charge in [-0.3, -0.25) is 4.79 Å². The molecule has 156 valence electrons. The third-order valence-electron chi connectivity index (χ3n) is 6.17. The van der Waals surface area contributed by atoms with Crippen molar-refractivity contribution in [3.05, 3.63) is 64.2 Å². The number of hydrogen-bond acceptors (Lipinski definition) is 3. The van der Waals surface area contributed by atoms with Crippen molar-refractivity contribution in [2.75, 3.05) is 16.8 Å². The highest BCUT2D eigenvalue weighted by atomic mass is 16.1. The number of nitrogens with zero attached hydrogens (tertiary/aromatic N) is 2. The third-order valence-corrected chi connectivity index (χ3v) is 6.17. The first-order valence-corrected chi connectivity index (χ1v) is 10.6. The Morgan fingerprint density at radius 2 is 1.97 bits per heavy atom. The molecule has 0 aromatic heterocycles. The minimum atomic E-state index is -0.386. The Hall–Kier alpha value is -3.06. The van der Waals surface area contributed by atoms with Crippen LogP contribution in [0.5, 0.6) is 0 Å². The number of nitriles is 1. The molecule has 4 heteroatoms. The first-order valence-electron chi connectivity index (χ1n) is 10.6. The maximum atomic E-state index is 12.7. The molecule has 1 unspecified atom stereocenters. The Balaban J connectivity index is 1.89. The molecule has 0 fully saturated rings. The lowest BCUT2D eigenvalue weighted by Crippen LogP contribution is -2.48. The van der Waals surface area contributed by atoms with Crippen molar-refractivity contribution in [2.24, 2.45) is 0 Å². The molecule has 2 aromatic carbocycles. The molecule has 0 saturated carbocycles. The van der Waals surface area contributed by atoms with Gasteiger partial charge in [0.15, 0.2) is 0 Å². The molecule has 1 atom stereocenters. The van der Waals surface area contributed by atoms with Gasteiger partial charge in [-0.25, -0.2) is 0 Å². The lowest BCUT2D eigenvalue weighted by molar-refractivity contribution is -0.112. The smallest absolute Gasteiger partial charge is 0.266 e. The number of aryl methyl sites for hydroxylation is 2. The highest BCUT2D eigenvalue weighted by molar-refractivity contribution is 6.09. The molecule has 1 N–H and O–H groups in total. The van der Waals surface area contributed by atoms with Crippen LogP contribution in [0, 0.1) is 25.2 Å². The molecule has 4 nitrogen and oxygen atoms in total. The van der Waals surface area contributed by atoms with Gasteiger partial charge in [0.25, 0.3) is 5.91 Å². The van der Waals surface area contributed by atoms with Crippen LogP contribution in [-0.2, 0) is 4.79 Å². The summed E-state index contributed by atoms with van der Waals surface area (Å²) < 4.78 is 0. The van der Waals surface area contributed by atoms with Crippen molar-refractivity contribution in [1.29, 1.82) is 5.26 Å². The average molecular weight is 402 g/mol. The van der Waals surface area contributed by atoms with E-state index >= 15 is 0 Å². The normalized spacial score (nSPS) is 17.8. The first-order chi connectivity index (χ1) is 14.2. The number of amides is 1. The highest BCUT2D eigenvalue weighted by Gasteiger charge is 2.35. The van der Waals surface area contributed by atoms with Gasteiger partial charge in [0.1, 0.15) is 11.6 Å². The minimum absolute atomic E-state index is 0.101. The van der Waals surface area contributed by atoms with Crippen molar-refractivity contribution < 1.29 is 4.79 Å². The van der Waals surface area contributed by atoms with E-state index in [1.165, 1.54) is 11.3 Å². The largest absolute Gasteiger partial charge is 0.366 e. The summed E-state index contributed by atoms with van der Waals surface area (Å²) in [6.07, 6.45) is 2.75. The summed E-state index contributed by atoms with van der Waals surface area (Å²) >= 11 is 0. The molecule has 3 rings (SSSR count). The minimum Gasteiger partial charge on any atom is -0.366 e. The van der Waals surface area contributed by atoms with E-state index < -0.39 is 0 Å². The van der Waals surface area contributed by atoms with Crippen LogP contribution < -0.4 is 10.2 Å². The van der Waals surface area contributed by atoms with Crippen LogP contribution in [0.2, 0.25) is 0 Å². The molecule has 30 heavy (non-hydrogen) atoms. The molecule has 0 aliphatic carbocycles. The van der Waals surface area contributed by atoms with Gasteiger partial charge in [-0.2, -0.15) is 5.26 Å². The Labute approximate surface area is 180 Å². The summed E-state index contributed by atoms with van der Waals surface area (Å²) in [4.78, 5) is 15.1. The third kappa shape index (κ3) is 4.26. The van der Waals surface area contributed by atoms with Gasteiger partial charge in [0.2, 0.25) is 0 Å². The van der Waals surface area contributed by atoms with Gasteiger partial charge in [-0.15, -0.1) is 0 Å². The molecule has 1 aliphatic heterocycles. The van der Waals surface area contributed by atoms with E-state index in [0.717, 1.165) is 29.7 Å². The Morgan fingerprint density at radius 3 is 2.60 bits per heavy atom. The topological polar surface area (TPSA) is 56.1 Å². The van der Waals surface area contributed by atoms with E-state index in [4.69, 9.17) is 0 Å². The number of carbonyl (C=O) groups is 1. The highest BCUT2D eigenvalue weighted by Crippen LogP contribution is 2.43. The van der Waals surface area contributed by atoms with Crippen molar-refractivity contribution >= 4 is 23.4 Å². The van der Waals surface area contributed by atoms with Crippen LogP contribution >= 0.6 is 0 Å². The van der Waals surface area contributed by atoms with Crippen LogP contribution in [0.1, 0.15) is 62.3 Å². The first kappa shape index (κ1) is 21.6. The standard InChI is InChI=1S/C26H31N3O/c1-7-29-24-11-9-20(14-23(24)19(4)15-26(29,5)6)13-21(16-27)25(30)28-22-10-8-17(2)18(3)12-22/h8-14,19H,7,15H2,1-6H3,(H,28,30)/b21-13+. The van der Waals surface area contributed by atoms with Crippen LogP contribution in [0.4, 0.5) is 11.4 Å². The zero-order chi connectivity index (χ0) is 22.1. The number of anilines is 2. The van der Waals surface area contributed by atoms with Crippen LogP contribution in [-0.4, -0.2) is 18.0 Å². The van der Waals surface area contributed by atoms with E-state index in [1.54, 1.807) is 6.08 Å². The van der Waals surface area contributed by atoms with E-state index in [1.807, 2.05) is 38.1 Å². The molecule has 2 aromatic rings. The second-order valence-corrected chi connectivity index (χ2v) is 8.90. The molecular weight excluding hydrogens is 370 g/mol. The number of hydrogen-bond donors (Lipinski definition) is 1. The molecule has 0 saturated heterocycles. The van der Waals surface area contributed by atoms with E-state index in [9.17, 15) is 10.1 Å². The van der Waals surface area contributed by atoms with Crippen LogP contribution in [0.15, 0.2) is 42.0 Å². The van der Waals surface area contributed by atoms with Crippen molar-refractivity contribution in [1.82, 2.24) is 0 Å². The fraction of sp³-hybridized carbons (Fsp3) is 0.385. The van der Waals surface area contributed by atoms with Gasteiger partial charge in [0, 0.05) is 23.5 Å². The van der Waals surface area contributed by atoms with Gasteiger partial charge < -0.3 is 10.2 Å². The van der Waals surface area contributed by atoms with Crippen molar-refractivity contribution in [3.63, 3.8) is 0 Å². The molecule has 0 spiro atoms. The second kappa shape index (κ2) is 8.36. The summed E-state index contributed by atoms with van der Waals surface area (Å²) in [6, 6.07) is 14.0. The predicted octanol–water partition coefficient (Wildman–Crippen LogP) is 5.96. The summed E-state index contributed by atoms with van der Waals surface area (Å²) in [5, 5.41) is 12.4. The van der Waals surface area contributed by atoms with Gasteiger partial charge in [-0.1, -0.05) is 19.1 Å². The van der Waals surface area contributed by atoms with Crippen molar-refractivity contribution in [3.8, 4) is 6.07 Å². The maximum Gasteiger partial charge on any atom is 0.266 e. The number of fused-ring (bicyclic) bond motifs is 1. The Bertz CT molecular complexity index is 1040. The van der Waals surface area contributed by atoms with Crippen molar-refractivity contribution in [2.45, 2.75) is 59.4 Å². The zero-order valence-corrected chi connectivity index (χ0v) is 18.8. The summed E-state index contributed by atoms with van der Waals surface area (Å²) in [6.45, 7) is 14.0. The number of carbonyl (C=O) groups excluding carboxylic acids is 1. The van der Waals surface area contributed by atoms with Crippen LogP contribution in [0.3, 0.4) is 0 Å². The number of rotatable bonds is 4.